The Labute approximate surface area is 114 Å². The van der Waals surface area contributed by atoms with Crippen LogP contribution in [-0.4, -0.2) is 16.1 Å². The van der Waals surface area contributed by atoms with Gasteiger partial charge in [-0.05, 0) is 32.0 Å². The minimum Gasteiger partial charge on any atom is -0.356 e. The molecule has 0 saturated carbocycles. The van der Waals surface area contributed by atoms with Crippen LogP contribution in [0.3, 0.4) is 0 Å². The third kappa shape index (κ3) is 2.64. The Bertz CT molecular complexity index is 537. The summed E-state index contributed by atoms with van der Waals surface area (Å²) in [7, 11) is 0. The number of anilines is 1. The van der Waals surface area contributed by atoms with E-state index in [1.54, 1.807) is 0 Å². The summed E-state index contributed by atoms with van der Waals surface area (Å²) >= 11 is 9.67. The average Bonchev–Trinajstić information content (AvgIpc) is 2.64. The lowest BCUT2D eigenvalue weighted by Gasteiger charge is -2.10. The fraction of sp³-hybridized carbons (Fsp3) is 0.250. The van der Waals surface area contributed by atoms with E-state index in [4.69, 9.17) is 11.6 Å². The highest BCUT2D eigenvalue weighted by molar-refractivity contribution is 9.10. The van der Waals surface area contributed by atoms with Gasteiger partial charge in [0.05, 0.1) is 16.4 Å². The molecule has 2 rings (SSSR count). The molecule has 0 amide bonds. The lowest BCUT2D eigenvalue weighted by Crippen LogP contribution is -2.05. The van der Waals surface area contributed by atoms with Gasteiger partial charge in [-0.2, -0.15) is 0 Å². The van der Waals surface area contributed by atoms with Crippen LogP contribution in [0, 0.1) is 6.92 Å². The summed E-state index contributed by atoms with van der Waals surface area (Å²) in [6.45, 7) is 4.82. The second-order valence-electron chi connectivity index (χ2n) is 3.70. The van der Waals surface area contributed by atoms with Gasteiger partial charge in [0, 0.05) is 17.2 Å². The fourth-order valence-corrected chi connectivity index (χ4v) is 2.19. The molecule has 1 heterocycles. The van der Waals surface area contributed by atoms with Crippen LogP contribution in [0.2, 0.25) is 5.02 Å². The van der Waals surface area contributed by atoms with Crippen LogP contribution >= 0.6 is 27.5 Å². The van der Waals surface area contributed by atoms with Gasteiger partial charge in [-0.15, -0.1) is 0 Å². The van der Waals surface area contributed by atoms with E-state index in [2.05, 4.69) is 26.2 Å². The van der Waals surface area contributed by atoms with Crippen LogP contribution in [0.1, 0.15) is 12.6 Å². The summed E-state index contributed by atoms with van der Waals surface area (Å²) in [5.41, 5.74) is 1.87. The zero-order valence-electron chi connectivity index (χ0n) is 9.67. The van der Waals surface area contributed by atoms with Crippen LogP contribution in [0.4, 0.5) is 5.95 Å². The minimum atomic E-state index is 0.699. The van der Waals surface area contributed by atoms with E-state index in [0.29, 0.717) is 5.02 Å². The number of hydrogen-bond acceptors (Lipinski definition) is 2. The van der Waals surface area contributed by atoms with Gasteiger partial charge in [0.2, 0.25) is 5.95 Å². The van der Waals surface area contributed by atoms with E-state index in [9.17, 15) is 0 Å². The maximum absolute atomic E-state index is 6.21. The van der Waals surface area contributed by atoms with Gasteiger partial charge in [0.1, 0.15) is 0 Å². The Hall–Kier alpha value is -1.000. The Morgan fingerprint density at radius 1 is 1.47 bits per heavy atom. The number of benzene rings is 1. The number of aryl methyl sites for hydroxylation is 1. The molecule has 0 saturated heterocycles. The van der Waals surface area contributed by atoms with Crippen molar-refractivity contribution in [1.82, 2.24) is 9.55 Å². The molecular formula is C12H13BrClN3. The van der Waals surface area contributed by atoms with Crippen molar-refractivity contribution < 1.29 is 0 Å². The summed E-state index contributed by atoms with van der Waals surface area (Å²) in [6.07, 6.45) is 1.96. The summed E-state index contributed by atoms with van der Waals surface area (Å²) in [5.74, 6) is 0.810. The summed E-state index contributed by atoms with van der Waals surface area (Å²) < 4.78 is 2.96. The third-order valence-corrected chi connectivity index (χ3v) is 3.14. The number of rotatable bonds is 3. The normalized spacial score (nSPS) is 10.6. The average molecular weight is 315 g/mol. The maximum atomic E-state index is 6.21. The molecule has 3 nitrogen and oxygen atoms in total. The first-order valence-electron chi connectivity index (χ1n) is 5.37. The molecule has 0 aliphatic carbocycles. The Balaban J connectivity index is 2.55. The smallest absolute Gasteiger partial charge is 0.207 e. The van der Waals surface area contributed by atoms with E-state index in [1.165, 1.54) is 0 Å². The van der Waals surface area contributed by atoms with E-state index >= 15 is 0 Å². The Morgan fingerprint density at radius 3 is 2.94 bits per heavy atom. The number of hydrogen-bond donors (Lipinski definition) is 1. The molecule has 0 aliphatic rings. The van der Waals surface area contributed by atoms with Crippen molar-refractivity contribution in [2.75, 3.05) is 11.9 Å². The summed E-state index contributed by atoms with van der Waals surface area (Å²) in [6, 6.07) is 5.76. The second-order valence-corrected chi connectivity index (χ2v) is 5.02. The van der Waals surface area contributed by atoms with Crippen LogP contribution in [0.15, 0.2) is 28.9 Å². The third-order valence-electron chi connectivity index (χ3n) is 2.33. The predicted molar refractivity (Wildman–Crippen MR) is 75.2 cm³/mol. The molecule has 90 valence electrons. The molecule has 0 bridgehead atoms. The molecule has 0 fully saturated rings. The van der Waals surface area contributed by atoms with Gasteiger partial charge in [-0.1, -0.05) is 27.5 Å². The molecule has 17 heavy (non-hydrogen) atoms. The van der Waals surface area contributed by atoms with Crippen molar-refractivity contribution in [2.24, 2.45) is 0 Å². The van der Waals surface area contributed by atoms with Crippen LogP contribution in [0.5, 0.6) is 0 Å². The maximum Gasteiger partial charge on any atom is 0.207 e. The highest BCUT2D eigenvalue weighted by atomic mass is 79.9. The molecule has 1 aromatic carbocycles. The van der Waals surface area contributed by atoms with Crippen LogP contribution in [0.25, 0.3) is 5.69 Å². The molecule has 2 aromatic rings. The number of halogens is 2. The second kappa shape index (κ2) is 5.10. The van der Waals surface area contributed by atoms with Crippen LogP contribution in [-0.2, 0) is 0 Å². The van der Waals surface area contributed by atoms with Crippen LogP contribution < -0.4 is 5.32 Å². The van der Waals surface area contributed by atoms with Gasteiger partial charge in [-0.25, -0.2) is 4.98 Å². The zero-order chi connectivity index (χ0) is 12.4. The zero-order valence-corrected chi connectivity index (χ0v) is 12.0. The molecule has 5 heteroatoms. The number of nitrogens with zero attached hydrogens (tertiary/aromatic N) is 2. The van der Waals surface area contributed by atoms with Crippen molar-refractivity contribution in [2.45, 2.75) is 13.8 Å². The standard InChI is InChI=1S/C12H13BrClN3/c1-3-15-12-16-8(2)7-17(12)11-6-9(13)4-5-10(11)14/h4-7H,3H2,1-2H3,(H,15,16). The largest absolute Gasteiger partial charge is 0.356 e. The van der Waals surface area contributed by atoms with Gasteiger partial charge in [-0.3, -0.25) is 4.57 Å². The van der Waals surface area contributed by atoms with E-state index in [-0.39, 0.29) is 0 Å². The van der Waals surface area contributed by atoms with E-state index < -0.39 is 0 Å². The summed E-state index contributed by atoms with van der Waals surface area (Å²) in [5, 5.41) is 3.92. The lowest BCUT2D eigenvalue weighted by atomic mass is 10.3. The van der Waals surface area contributed by atoms with Crippen molar-refractivity contribution in [3.05, 3.63) is 39.6 Å². The van der Waals surface area contributed by atoms with Gasteiger partial charge >= 0.3 is 0 Å². The minimum absolute atomic E-state index is 0.699. The molecule has 0 radical (unpaired) electrons. The van der Waals surface area contributed by atoms with Gasteiger partial charge in [0.25, 0.3) is 0 Å². The molecule has 1 N–H and O–H groups in total. The molecule has 0 spiro atoms. The quantitative estimate of drug-likeness (QED) is 0.927. The van der Waals surface area contributed by atoms with Gasteiger partial charge < -0.3 is 5.32 Å². The molecule has 1 aromatic heterocycles. The Kier molecular flexibility index (Phi) is 3.74. The first kappa shape index (κ1) is 12.5. The molecule has 0 aliphatic heterocycles. The van der Waals surface area contributed by atoms with Crippen molar-refractivity contribution >= 4 is 33.5 Å². The molecule has 0 unspecified atom stereocenters. The highest BCUT2D eigenvalue weighted by Crippen LogP contribution is 2.27. The fourth-order valence-electron chi connectivity index (χ4n) is 1.63. The van der Waals surface area contributed by atoms with Crippen molar-refractivity contribution in [1.29, 1.82) is 0 Å². The number of aromatic nitrogens is 2. The number of imidazole rings is 1. The molecular weight excluding hydrogens is 302 g/mol. The van der Waals surface area contributed by atoms with E-state index in [0.717, 1.165) is 28.3 Å². The van der Waals surface area contributed by atoms with E-state index in [1.807, 2.05) is 42.8 Å². The highest BCUT2D eigenvalue weighted by Gasteiger charge is 2.10. The topological polar surface area (TPSA) is 29.9 Å². The van der Waals surface area contributed by atoms with Crippen molar-refractivity contribution in [3.63, 3.8) is 0 Å². The predicted octanol–water partition coefficient (Wildman–Crippen LogP) is 4.03. The molecule has 0 atom stereocenters. The first-order valence-corrected chi connectivity index (χ1v) is 6.54. The first-order chi connectivity index (χ1) is 8.11. The Morgan fingerprint density at radius 2 is 2.24 bits per heavy atom. The monoisotopic (exact) mass is 313 g/mol. The number of nitrogens with one attached hydrogen (secondary N) is 1. The SMILES string of the molecule is CCNc1nc(C)cn1-c1cc(Br)ccc1Cl. The lowest BCUT2D eigenvalue weighted by molar-refractivity contribution is 1.02. The van der Waals surface area contributed by atoms with Crippen molar-refractivity contribution in [3.8, 4) is 5.69 Å². The van der Waals surface area contributed by atoms with Gasteiger partial charge in [0.15, 0.2) is 0 Å². The summed E-state index contributed by atoms with van der Waals surface area (Å²) in [4.78, 5) is 4.43.